The van der Waals surface area contributed by atoms with Crippen LogP contribution in [-0.4, -0.2) is 23.1 Å². The molecule has 106 valence electrons. The van der Waals surface area contributed by atoms with Gasteiger partial charge < -0.3 is 10.0 Å². The van der Waals surface area contributed by atoms with Crippen LogP contribution >= 0.6 is 27.3 Å². The van der Waals surface area contributed by atoms with Crippen molar-refractivity contribution in [3.8, 4) is 0 Å². The lowest BCUT2D eigenvalue weighted by Crippen LogP contribution is -2.16. The molecule has 0 fully saturated rings. The van der Waals surface area contributed by atoms with Crippen LogP contribution in [0.1, 0.15) is 27.9 Å². The van der Waals surface area contributed by atoms with Crippen LogP contribution in [0.3, 0.4) is 0 Å². The number of thiazole rings is 1. The van der Waals surface area contributed by atoms with Gasteiger partial charge in [0.25, 0.3) is 0 Å². The highest BCUT2D eigenvalue weighted by Gasteiger charge is 2.18. The van der Waals surface area contributed by atoms with Gasteiger partial charge in [0.05, 0.1) is 5.69 Å². The third kappa shape index (κ3) is 3.37. The number of carboxylic acid groups (broad SMARTS) is 1. The Morgan fingerprint density at radius 1 is 1.40 bits per heavy atom. The Morgan fingerprint density at radius 3 is 2.55 bits per heavy atom. The molecule has 0 atom stereocenters. The molecule has 0 aliphatic rings. The van der Waals surface area contributed by atoms with Crippen molar-refractivity contribution in [3.05, 3.63) is 44.9 Å². The maximum atomic E-state index is 11.2. The average molecular weight is 355 g/mol. The molecule has 2 aromatic rings. The van der Waals surface area contributed by atoms with Gasteiger partial charge in [-0.3, -0.25) is 0 Å². The van der Waals surface area contributed by atoms with E-state index in [4.69, 9.17) is 5.11 Å². The number of aryl methyl sites for hydroxylation is 1. The summed E-state index contributed by atoms with van der Waals surface area (Å²) < 4.78 is 1.04. The van der Waals surface area contributed by atoms with E-state index in [2.05, 4.69) is 20.9 Å². The maximum Gasteiger partial charge on any atom is 0.347 e. The lowest BCUT2D eigenvalue weighted by Gasteiger charge is -2.15. The topological polar surface area (TPSA) is 53.4 Å². The number of nitrogens with zero attached hydrogens (tertiary/aromatic N) is 2. The van der Waals surface area contributed by atoms with Gasteiger partial charge in [-0.25, -0.2) is 9.78 Å². The molecule has 1 aromatic heterocycles. The molecule has 6 heteroatoms. The van der Waals surface area contributed by atoms with Gasteiger partial charge in [0, 0.05) is 18.1 Å². The fourth-order valence-electron chi connectivity index (χ4n) is 1.84. The third-order valence-electron chi connectivity index (χ3n) is 2.87. The Balaban J connectivity index is 2.18. The molecule has 0 aliphatic carbocycles. The van der Waals surface area contributed by atoms with Crippen LogP contribution in [0.4, 0.5) is 5.13 Å². The Bertz CT molecular complexity index is 610. The second-order valence-electron chi connectivity index (χ2n) is 4.41. The zero-order valence-electron chi connectivity index (χ0n) is 11.3. The number of aromatic nitrogens is 1. The van der Waals surface area contributed by atoms with Gasteiger partial charge in [-0.15, -0.1) is 0 Å². The van der Waals surface area contributed by atoms with E-state index in [1.54, 1.807) is 0 Å². The van der Waals surface area contributed by atoms with Gasteiger partial charge in [0.2, 0.25) is 0 Å². The molecule has 1 heterocycles. The molecule has 0 aliphatic heterocycles. The van der Waals surface area contributed by atoms with E-state index in [0.717, 1.165) is 15.2 Å². The van der Waals surface area contributed by atoms with Crippen LogP contribution in [0.2, 0.25) is 0 Å². The summed E-state index contributed by atoms with van der Waals surface area (Å²) >= 11 is 4.63. The lowest BCUT2D eigenvalue weighted by molar-refractivity contribution is 0.0701. The first kappa shape index (κ1) is 15.0. The molecule has 1 aromatic carbocycles. The van der Waals surface area contributed by atoms with Crippen LogP contribution in [0, 0.1) is 0 Å². The molecule has 0 saturated heterocycles. The van der Waals surface area contributed by atoms with Crippen molar-refractivity contribution >= 4 is 38.4 Å². The van der Waals surface area contributed by atoms with Crippen molar-refractivity contribution in [2.75, 3.05) is 11.9 Å². The predicted molar refractivity (Wildman–Crippen MR) is 84.7 cm³/mol. The molecule has 0 spiro atoms. The molecular formula is C14H15BrN2O2S. The quantitative estimate of drug-likeness (QED) is 0.886. The van der Waals surface area contributed by atoms with E-state index in [1.165, 1.54) is 11.3 Å². The fraction of sp³-hybridized carbons (Fsp3) is 0.286. The summed E-state index contributed by atoms with van der Waals surface area (Å²) in [5.74, 6) is -0.900. The third-order valence-corrected chi connectivity index (χ3v) is 4.60. The molecule has 0 unspecified atom stereocenters. The molecule has 0 amide bonds. The highest BCUT2D eigenvalue weighted by molar-refractivity contribution is 9.10. The number of benzene rings is 1. The zero-order valence-corrected chi connectivity index (χ0v) is 13.7. The number of carboxylic acids is 1. The number of halogens is 1. The molecular weight excluding hydrogens is 340 g/mol. The summed E-state index contributed by atoms with van der Waals surface area (Å²) in [6, 6.07) is 8.05. The largest absolute Gasteiger partial charge is 0.477 e. The molecule has 0 saturated carbocycles. The highest BCUT2D eigenvalue weighted by atomic mass is 79.9. The molecule has 2 rings (SSSR count). The normalized spacial score (nSPS) is 10.6. The van der Waals surface area contributed by atoms with Crippen LogP contribution in [0.25, 0.3) is 0 Å². The van der Waals surface area contributed by atoms with E-state index >= 15 is 0 Å². The van der Waals surface area contributed by atoms with Crippen LogP contribution in [0.5, 0.6) is 0 Å². The summed E-state index contributed by atoms with van der Waals surface area (Å²) in [6.07, 6.45) is 0.629. The predicted octanol–water partition coefficient (Wildman–Crippen LogP) is 3.80. The number of rotatable bonds is 5. The van der Waals surface area contributed by atoms with E-state index in [-0.39, 0.29) is 0 Å². The molecule has 4 nitrogen and oxygen atoms in total. The minimum Gasteiger partial charge on any atom is -0.477 e. The average Bonchev–Trinajstić information content (AvgIpc) is 2.86. The van der Waals surface area contributed by atoms with Crippen molar-refractivity contribution in [3.63, 3.8) is 0 Å². The maximum absolute atomic E-state index is 11.2. The summed E-state index contributed by atoms with van der Waals surface area (Å²) in [5.41, 5.74) is 1.81. The lowest BCUT2D eigenvalue weighted by atomic mass is 10.2. The molecule has 20 heavy (non-hydrogen) atoms. The standard InChI is InChI=1S/C14H15BrN2O2S/c1-3-11-12(13(18)19)20-14(16-11)17(2)8-9-4-6-10(15)7-5-9/h4-7H,3,8H2,1-2H3,(H,18,19). The number of carbonyl (C=O) groups is 1. The van der Waals surface area contributed by atoms with E-state index in [0.29, 0.717) is 23.5 Å². The Hall–Kier alpha value is -1.40. The van der Waals surface area contributed by atoms with Gasteiger partial charge >= 0.3 is 5.97 Å². The first-order valence-electron chi connectivity index (χ1n) is 6.19. The Morgan fingerprint density at radius 2 is 2.05 bits per heavy atom. The first-order valence-corrected chi connectivity index (χ1v) is 7.80. The van der Waals surface area contributed by atoms with Crippen molar-refractivity contribution < 1.29 is 9.90 Å². The second-order valence-corrected chi connectivity index (χ2v) is 6.31. The molecule has 0 bridgehead atoms. The van der Waals surface area contributed by atoms with Gasteiger partial charge in [-0.05, 0) is 24.1 Å². The van der Waals surface area contributed by atoms with Gasteiger partial charge in [-0.1, -0.05) is 46.3 Å². The van der Waals surface area contributed by atoms with Gasteiger partial charge in [0.1, 0.15) is 4.88 Å². The summed E-state index contributed by atoms with van der Waals surface area (Å²) in [4.78, 5) is 17.9. The first-order chi connectivity index (χ1) is 9.51. The smallest absolute Gasteiger partial charge is 0.347 e. The number of hydrogen-bond donors (Lipinski definition) is 1. The zero-order chi connectivity index (χ0) is 14.7. The number of aromatic carboxylic acids is 1. The van der Waals surface area contributed by atoms with E-state index in [9.17, 15) is 4.79 Å². The molecule has 1 N–H and O–H groups in total. The van der Waals surface area contributed by atoms with Crippen molar-refractivity contribution in [2.45, 2.75) is 19.9 Å². The Labute approximate surface area is 130 Å². The summed E-state index contributed by atoms with van der Waals surface area (Å²) in [5, 5.41) is 9.90. The van der Waals surface area contributed by atoms with Crippen LogP contribution < -0.4 is 4.90 Å². The minimum atomic E-state index is -0.900. The monoisotopic (exact) mass is 354 g/mol. The van der Waals surface area contributed by atoms with E-state index < -0.39 is 5.97 Å². The van der Waals surface area contributed by atoms with Crippen molar-refractivity contribution in [1.29, 1.82) is 0 Å². The number of anilines is 1. The van der Waals surface area contributed by atoms with Crippen molar-refractivity contribution in [1.82, 2.24) is 4.98 Å². The highest BCUT2D eigenvalue weighted by Crippen LogP contribution is 2.27. The van der Waals surface area contributed by atoms with Crippen LogP contribution in [0.15, 0.2) is 28.7 Å². The summed E-state index contributed by atoms with van der Waals surface area (Å²) in [7, 11) is 1.92. The number of hydrogen-bond acceptors (Lipinski definition) is 4. The second kappa shape index (κ2) is 6.37. The molecule has 0 radical (unpaired) electrons. The SMILES string of the molecule is CCc1nc(N(C)Cc2ccc(Br)cc2)sc1C(=O)O. The van der Waals surface area contributed by atoms with Crippen LogP contribution in [-0.2, 0) is 13.0 Å². The van der Waals surface area contributed by atoms with Crippen molar-refractivity contribution in [2.24, 2.45) is 0 Å². The fourth-order valence-corrected chi connectivity index (χ4v) is 3.06. The summed E-state index contributed by atoms with van der Waals surface area (Å²) in [6.45, 7) is 2.61. The van der Waals surface area contributed by atoms with Gasteiger partial charge in [0.15, 0.2) is 5.13 Å². The Kier molecular flexibility index (Phi) is 4.77. The minimum absolute atomic E-state index is 0.338. The van der Waals surface area contributed by atoms with E-state index in [1.807, 2.05) is 43.1 Å². The van der Waals surface area contributed by atoms with Gasteiger partial charge in [-0.2, -0.15) is 0 Å².